The van der Waals surface area contributed by atoms with Gasteiger partial charge in [0.1, 0.15) is 0 Å². The highest BCUT2D eigenvalue weighted by Gasteiger charge is 2.36. The lowest BCUT2D eigenvalue weighted by atomic mass is 10.0. The fourth-order valence-corrected chi connectivity index (χ4v) is 3.04. The third kappa shape index (κ3) is 3.23. The lowest BCUT2D eigenvalue weighted by Crippen LogP contribution is -2.37. The molecule has 1 saturated heterocycles. The Morgan fingerprint density at radius 2 is 2.30 bits per heavy atom. The van der Waals surface area contributed by atoms with E-state index in [2.05, 4.69) is 42.2 Å². The van der Waals surface area contributed by atoms with Gasteiger partial charge in [-0.15, -0.1) is 5.10 Å². The van der Waals surface area contributed by atoms with Crippen molar-refractivity contribution < 1.29 is 5.11 Å². The van der Waals surface area contributed by atoms with E-state index in [1.807, 2.05) is 6.20 Å². The minimum Gasteiger partial charge on any atom is -0.387 e. The summed E-state index contributed by atoms with van der Waals surface area (Å²) < 4.78 is 2.66. The Kier molecular flexibility index (Phi) is 3.82. The van der Waals surface area contributed by atoms with Crippen molar-refractivity contribution in [2.45, 2.75) is 25.1 Å². The molecule has 1 aliphatic rings. The van der Waals surface area contributed by atoms with E-state index in [1.165, 1.54) is 0 Å². The monoisotopic (exact) mass is 337 g/mol. The van der Waals surface area contributed by atoms with Crippen LogP contribution in [0.15, 0.2) is 35.3 Å². The maximum absolute atomic E-state index is 10.6. The summed E-state index contributed by atoms with van der Waals surface area (Å²) >= 11 is 3.42. The second-order valence-corrected chi connectivity index (χ2v) is 6.21. The van der Waals surface area contributed by atoms with Crippen LogP contribution in [0.3, 0.4) is 0 Å². The summed E-state index contributed by atoms with van der Waals surface area (Å²) in [4.78, 5) is 6.40. The Morgan fingerprint density at radius 3 is 3.05 bits per heavy atom. The van der Waals surface area contributed by atoms with E-state index in [1.54, 1.807) is 23.3 Å². The number of rotatable bonds is 4. The lowest BCUT2D eigenvalue weighted by molar-refractivity contribution is 0.0274. The van der Waals surface area contributed by atoms with Gasteiger partial charge in [-0.3, -0.25) is 9.88 Å². The first kappa shape index (κ1) is 13.7. The number of pyridine rings is 1. The minimum absolute atomic E-state index is 0.486. The third-order valence-corrected chi connectivity index (χ3v) is 3.94. The largest absolute Gasteiger partial charge is 0.387 e. The number of aromatic nitrogens is 4. The number of hydrogen-bond acceptors (Lipinski definition) is 5. The van der Waals surface area contributed by atoms with Crippen LogP contribution in [0.1, 0.15) is 12.0 Å². The van der Waals surface area contributed by atoms with E-state index < -0.39 is 5.60 Å². The highest BCUT2D eigenvalue weighted by molar-refractivity contribution is 9.10. The molecule has 1 fully saturated rings. The number of nitrogens with zero attached hydrogens (tertiary/aromatic N) is 5. The zero-order valence-electron chi connectivity index (χ0n) is 11.0. The fraction of sp³-hybridized carbons (Fsp3) is 0.462. The van der Waals surface area contributed by atoms with Crippen molar-refractivity contribution in [2.24, 2.45) is 0 Å². The highest BCUT2D eigenvalue weighted by atomic mass is 79.9. The number of hydrogen-bond donors (Lipinski definition) is 1. The van der Waals surface area contributed by atoms with Gasteiger partial charge < -0.3 is 5.11 Å². The summed E-state index contributed by atoms with van der Waals surface area (Å²) in [5.41, 5.74) is 0.414. The van der Waals surface area contributed by atoms with Gasteiger partial charge in [0.2, 0.25) is 0 Å². The van der Waals surface area contributed by atoms with Crippen molar-refractivity contribution >= 4 is 15.9 Å². The second kappa shape index (κ2) is 5.59. The molecule has 1 N–H and O–H groups in total. The van der Waals surface area contributed by atoms with Crippen LogP contribution in [0.25, 0.3) is 0 Å². The summed E-state index contributed by atoms with van der Waals surface area (Å²) in [5, 5.41) is 18.3. The van der Waals surface area contributed by atoms with Crippen molar-refractivity contribution in [1.29, 1.82) is 0 Å². The zero-order valence-corrected chi connectivity index (χ0v) is 12.6. The highest BCUT2D eigenvalue weighted by Crippen LogP contribution is 2.24. The van der Waals surface area contributed by atoms with Gasteiger partial charge in [0.05, 0.1) is 18.3 Å². The Hall–Kier alpha value is -1.31. The Labute approximate surface area is 125 Å². The van der Waals surface area contributed by atoms with Crippen LogP contribution in [-0.2, 0) is 13.1 Å². The molecule has 106 valence electrons. The van der Waals surface area contributed by atoms with Gasteiger partial charge in [0.15, 0.2) is 0 Å². The molecule has 0 amide bonds. The first-order valence-electron chi connectivity index (χ1n) is 6.51. The van der Waals surface area contributed by atoms with Gasteiger partial charge in [-0.05, 0) is 34.0 Å². The van der Waals surface area contributed by atoms with E-state index in [9.17, 15) is 5.11 Å². The molecule has 0 radical (unpaired) electrons. The van der Waals surface area contributed by atoms with Crippen molar-refractivity contribution in [2.75, 3.05) is 13.1 Å². The zero-order chi connectivity index (χ0) is 14.0. The van der Waals surface area contributed by atoms with Crippen LogP contribution >= 0.6 is 15.9 Å². The van der Waals surface area contributed by atoms with E-state index >= 15 is 0 Å². The molecule has 6 nitrogen and oxygen atoms in total. The minimum atomic E-state index is -0.729. The maximum Gasteiger partial charge on any atom is 0.0981 e. The molecule has 2 aromatic heterocycles. The third-order valence-electron chi connectivity index (χ3n) is 3.51. The van der Waals surface area contributed by atoms with Gasteiger partial charge in [-0.25, -0.2) is 4.68 Å². The first-order valence-corrected chi connectivity index (χ1v) is 7.31. The topological polar surface area (TPSA) is 67.1 Å². The molecule has 3 heterocycles. The summed E-state index contributed by atoms with van der Waals surface area (Å²) in [6.45, 7) is 2.80. The van der Waals surface area contributed by atoms with E-state index in [0.717, 1.165) is 29.5 Å². The number of aliphatic hydroxyl groups is 1. The summed E-state index contributed by atoms with van der Waals surface area (Å²) in [6, 6.07) is 2.06. The molecule has 1 unspecified atom stereocenters. The summed E-state index contributed by atoms with van der Waals surface area (Å²) in [5.74, 6) is 0. The molecule has 1 aliphatic heterocycles. The van der Waals surface area contributed by atoms with Crippen LogP contribution in [0.4, 0.5) is 0 Å². The Bertz CT molecular complexity index is 576. The fourth-order valence-electron chi connectivity index (χ4n) is 2.62. The number of β-amino-alcohol motifs (C(OH)–C–C–N with tert-alkyl or cyclic N) is 1. The molecule has 2 aromatic rings. The van der Waals surface area contributed by atoms with Crippen LogP contribution < -0.4 is 0 Å². The van der Waals surface area contributed by atoms with Gasteiger partial charge in [0, 0.05) is 42.7 Å². The molecular formula is C13H16BrN5O. The SMILES string of the molecule is OC1(Cn2ccnn2)CCN(Cc2cncc(Br)c2)C1. The van der Waals surface area contributed by atoms with Gasteiger partial charge in [0.25, 0.3) is 0 Å². The van der Waals surface area contributed by atoms with E-state index in [4.69, 9.17) is 0 Å². The second-order valence-electron chi connectivity index (χ2n) is 5.30. The molecule has 7 heteroatoms. The average molecular weight is 338 g/mol. The van der Waals surface area contributed by atoms with Gasteiger partial charge in [-0.2, -0.15) is 0 Å². The van der Waals surface area contributed by atoms with E-state index in [0.29, 0.717) is 13.1 Å². The standard InChI is InChI=1S/C13H16BrN5O/c14-12-5-11(6-15-7-12)8-18-3-1-13(20,9-18)10-19-4-2-16-17-19/h2,4-7,20H,1,3,8-10H2. The summed E-state index contributed by atoms with van der Waals surface area (Å²) in [6.07, 6.45) is 7.78. The number of likely N-dealkylation sites (tertiary alicyclic amines) is 1. The number of halogens is 1. The van der Waals surface area contributed by atoms with Crippen LogP contribution in [0.5, 0.6) is 0 Å². The van der Waals surface area contributed by atoms with Crippen molar-refractivity contribution in [1.82, 2.24) is 24.9 Å². The van der Waals surface area contributed by atoms with Crippen LogP contribution in [0, 0.1) is 0 Å². The smallest absolute Gasteiger partial charge is 0.0981 e. The van der Waals surface area contributed by atoms with Crippen molar-refractivity contribution in [3.05, 3.63) is 40.9 Å². The molecule has 0 aromatic carbocycles. The van der Waals surface area contributed by atoms with Gasteiger partial charge >= 0.3 is 0 Å². The Balaban J connectivity index is 1.61. The van der Waals surface area contributed by atoms with Gasteiger partial charge in [-0.1, -0.05) is 5.21 Å². The molecule has 0 aliphatic carbocycles. The lowest BCUT2D eigenvalue weighted by Gasteiger charge is -2.23. The van der Waals surface area contributed by atoms with Crippen molar-refractivity contribution in [3.8, 4) is 0 Å². The molecule has 0 bridgehead atoms. The Morgan fingerprint density at radius 1 is 1.40 bits per heavy atom. The quantitative estimate of drug-likeness (QED) is 0.903. The maximum atomic E-state index is 10.6. The molecule has 20 heavy (non-hydrogen) atoms. The average Bonchev–Trinajstić information content (AvgIpc) is 3.00. The summed E-state index contributed by atoms with van der Waals surface area (Å²) in [7, 11) is 0. The predicted molar refractivity (Wildman–Crippen MR) is 76.8 cm³/mol. The molecule has 0 saturated carbocycles. The normalized spacial score (nSPS) is 23.3. The predicted octanol–water partition coefficient (Wildman–Crippen LogP) is 1.07. The van der Waals surface area contributed by atoms with E-state index in [-0.39, 0.29) is 0 Å². The van der Waals surface area contributed by atoms with Crippen LogP contribution in [-0.4, -0.2) is 48.7 Å². The van der Waals surface area contributed by atoms with Crippen LogP contribution in [0.2, 0.25) is 0 Å². The molecule has 0 spiro atoms. The molecule has 1 atom stereocenters. The molecule has 3 rings (SSSR count). The van der Waals surface area contributed by atoms with Crippen molar-refractivity contribution in [3.63, 3.8) is 0 Å². The first-order chi connectivity index (χ1) is 9.63. The molecular weight excluding hydrogens is 322 g/mol.